The van der Waals surface area contributed by atoms with Gasteiger partial charge < -0.3 is 30.2 Å². The Morgan fingerprint density at radius 3 is 2.32 bits per heavy atom. The minimum Gasteiger partial charge on any atom is -0.491 e. The number of aliphatic hydroxyl groups is 1. The van der Waals surface area contributed by atoms with Crippen LogP contribution in [0.4, 0.5) is 5.69 Å². The van der Waals surface area contributed by atoms with Crippen LogP contribution in [0.3, 0.4) is 0 Å². The van der Waals surface area contributed by atoms with Crippen molar-refractivity contribution >= 4 is 34.5 Å². The fourth-order valence-corrected chi connectivity index (χ4v) is 10.2. The number of rotatable bonds is 12. The molecule has 6 unspecified atom stereocenters. The second-order valence-corrected chi connectivity index (χ2v) is 17.0. The average molecular weight is 877 g/mol. The van der Waals surface area contributed by atoms with E-state index in [0.717, 1.165) is 22.2 Å². The van der Waals surface area contributed by atoms with Crippen LogP contribution >= 0.6 is 0 Å². The van der Waals surface area contributed by atoms with Crippen molar-refractivity contribution in [3.8, 4) is 17.6 Å². The molecule has 3 aliphatic rings. The number of amides is 2. The lowest BCUT2D eigenvalue weighted by atomic mass is 9.65. The molecule has 12 heteroatoms. The summed E-state index contributed by atoms with van der Waals surface area (Å²) in [7, 11) is 2.01. The number of nitrogens with zero attached hydrogens (tertiary/aromatic N) is 3. The quantitative estimate of drug-likeness (QED) is 0.0752. The molecule has 12 nitrogen and oxygen atoms in total. The smallest absolute Gasteiger partial charge is 0.324 e. The van der Waals surface area contributed by atoms with Crippen LogP contribution in [0.1, 0.15) is 57.4 Å². The number of hydrogen-bond donors (Lipinski definition) is 4. The molecule has 3 aliphatic heterocycles. The fourth-order valence-electron chi connectivity index (χ4n) is 10.2. The number of aromatic amines is 1. The Bertz CT molecular complexity index is 2940. The Balaban J connectivity index is 1.16. The predicted molar refractivity (Wildman–Crippen MR) is 250 cm³/mol. The van der Waals surface area contributed by atoms with Crippen molar-refractivity contribution in [1.29, 1.82) is 0 Å². The van der Waals surface area contributed by atoms with Crippen LogP contribution in [0.5, 0.6) is 5.75 Å². The molecule has 6 aromatic carbocycles. The Kier molecular flexibility index (Phi) is 11.7. The van der Waals surface area contributed by atoms with Crippen molar-refractivity contribution in [3.05, 3.63) is 197 Å². The summed E-state index contributed by atoms with van der Waals surface area (Å²) in [6.07, 6.45) is -0.822. The first kappa shape index (κ1) is 42.4. The van der Waals surface area contributed by atoms with E-state index in [1.165, 1.54) is 5.56 Å². The normalized spacial score (nSPS) is 22.0. The van der Waals surface area contributed by atoms with Crippen molar-refractivity contribution in [3.63, 3.8) is 0 Å². The molecule has 1 spiro atoms. The SMILES string of the molecule is CN(CC#Cc1ccc2c(c1)C1(C(=O)N2)C(C(=O)NCc2nc3ccccc3[nH]2)C2C(=O)OC(c3ccccc3)C(c3ccccc3)N2C1c1cccc(OCCO)c1)Cc1ccccc1. The molecular weight excluding hydrogens is 829 g/mol. The number of H-pyrrole nitrogens is 1. The van der Waals surface area contributed by atoms with E-state index in [0.29, 0.717) is 47.0 Å². The molecule has 4 heterocycles. The lowest BCUT2D eigenvalue weighted by Crippen LogP contribution is -2.54. The number of para-hydroxylation sites is 2. The number of imidazole rings is 1. The van der Waals surface area contributed by atoms with Gasteiger partial charge in [0.15, 0.2) is 0 Å². The molecule has 2 amide bonds. The molecule has 2 saturated heterocycles. The molecule has 7 aromatic rings. The fraction of sp³-hybridized carbons (Fsp3) is 0.222. The summed E-state index contributed by atoms with van der Waals surface area (Å²) < 4.78 is 12.6. The highest BCUT2D eigenvalue weighted by Gasteiger charge is 2.74. The number of aromatic nitrogens is 2. The first-order chi connectivity index (χ1) is 32.3. The largest absolute Gasteiger partial charge is 0.491 e. The molecule has 2 fully saturated rings. The molecule has 0 radical (unpaired) electrons. The molecule has 66 heavy (non-hydrogen) atoms. The second-order valence-electron chi connectivity index (χ2n) is 17.0. The van der Waals surface area contributed by atoms with Crippen LogP contribution in [0.15, 0.2) is 158 Å². The number of cyclic esters (lactones) is 1. The summed E-state index contributed by atoms with van der Waals surface area (Å²) in [5, 5.41) is 16.0. The number of hydrogen-bond acceptors (Lipinski definition) is 9. The van der Waals surface area contributed by atoms with Gasteiger partial charge in [-0.2, -0.15) is 0 Å². The zero-order valence-electron chi connectivity index (χ0n) is 36.3. The topological polar surface area (TPSA) is 149 Å². The van der Waals surface area contributed by atoms with Gasteiger partial charge in [0.05, 0.1) is 48.7 Å². The monoisotopic (exact) mass is 876 g/mol. The average Bonchev–Trinajstić information content (AvgIpc) is 4.01. The third-order valence-electron chi connectivity index (χ3n) is 12.9. The first-order valence-corrected chi connectivity index (χ1v) is 22.1. The van der Waals surface area contributed by atoms with Crippen molar-refractivity contribution < 1.29 is 29.0 Å². The molecule has 0 bridgehead atoms. The van der Waals surface area contributed by atoms with Gasteiger partial charge in [-0.3, -0.25) is 24.2 Å². The zero-order chi connectivity index (χ0) is 45.2. The Hall–Kier alpha value is -7.56. The van der Waals surface area contributed by atoms with Crippen molar-refractivity contribution in [2.45, 2.75) is 42.7 Å². The Morgan fingerprint density at radius 2 is 1.56 bits per heavy atom. The van der Waals surface area contributed by atoms with Gasteiger partial charge in [0, 0.05) is 17.8 Å². The van der Waals surface area contributed by atoms with Crippen LogP contribution < -0.4 is 15.4 Å². The second kappa shape index (κ2) is 18.1. The van der Waals surface area contributed by atoms with E-state index in [2.05, 4.69) is 44.5 Å². The van der Waals surface area contributed by atoms with Gasteiger partial charge in [0.1, 0.15) is 35.7 Å². The van der Waals surface area contributed by atoms with Crippen molar-refractivity contribution in [2.75, 3.05) is 32.1 Å². The molecular formula is C54H48N6O6. The van der Waals surface area contributed by atoms with Crippen LogP contribution in [0, 0.1) is 17.8 Å². The lowest BCUT2D eigenvalue weighted by molar-refractivity contribution is -0.178. The van der Waals surface area contributed by atoms with Gasteiger partial charge in [-0.1, -0.05) is 127 Å². The van der Waals surface area contributed by atoms with Gasteiger partial charge >= 0.3 is 5.97 Å². The van der Waals surface area contributed by atoms with Crippen LogP contribution in [-0.2, 0) is 37.6 Å². The van der Waals surface area contributed by atoms with Crippen molar-refractivity contribution in [1.82, 2.24) is 25.1 Å². The number of carbonyl (C=O) groups is 3. The Labute approximate surface area is 382 Å². The van der Waals surface area contributed by atoms with Gasteiger partial charge in [-0.05, 0) is 77.3 Å². The molecule has 0 aliphatic carbocycles. The van der Waals surface area contributed by atoms with Gasteiger partial charge in [0.2, 0.25) is 11.8 Å². The van der Waals surface area contributed by atoms with E-state index >= 15 is 14.4 Å². The number of anilines is 1. The van der Waals surface area contributed by atoms with E-state index in [1.54, 1.807) is 6.07 Å². The maximum atomic E-state index is 15.6. The highest BCUT2D eigenvalue weighted by atomic mass is 16.6. The van der Waals surface area contributed by atoms with Gasteiger partial charge in [-0.15, -0.1) is 0 Å². The number of benzene rings is 6. The highest BCUT2D eigenvalue weighted by Crippen LogP contribution is 2.65. The van der Waals surface area contributed by atoms with E-state index in [1.807, 2.05) is 151 Å². The van der Waals surface area contributed by atoms with E-state index < -0.39 is 53.3 Å². The van der Waals surface area contributed by atoms with Gasteiger partial charge in [-0.25, -0.2) is 4.98 Å². The van der Waals surface area contributed by atoms with Crippen LogP contribution in [0.2, 0.25) is 0 Å². The number of aliphatic hydroxyl groups excluding tert-OH is 1. The van der Waals surface area contributed by atoms with Crippen LogP contribution in [-0.4, -0.2) is 75.5 Å². The van der Waals surface area contributed by atoms with Gasteiger partial charge in [0.25, 0.3) is 0 Å². The summed E-state index contributed by atoms with van der Waals surface area (Å²) in [4.78, 5) is 58.6. The lowest BCUT2D eigenvalue weighted by Gasteiger charge is -2.46. The Morgan fingerprint density at radius 1 is 0.848 bits per heavy atom. The summed E-state index contributed by atoms with van der Waals surface area (Å²) >= 11 is 0. The third kappa shape index (κ3) is 7.77. The summed E-state index contributed by atoms with van der Waals surface area (Å²) in [5.41, 5.74) is 4.92. The highest BCUT2D eigenvalue weighted by molar-refractivity contribution is 6.12. The maximum Gasteiger partial charge on any atom is 0.324 e. The minimum absolute atomic E-state index is 0.00224. The number of carbonyl (C=O) groups excluding carboxylic acids is 3. The van der Waals surface area contributed by atoms with Crippen LogP contribution in [0.25, 0.3) is 11.0 Å². The number of ether oxygens (including phenoxy) is 2. The zero-order valence-corrected chi connectivity index (χ0v) is 36.3. The standard InChI is InChI=1S/C54H48N6O6/c1-59(34-36-15-5-2-6-16-36)28-14-17-35-26-27-42-41(31-35)54(53(64)58-42)46(51(62)55-33-45-56-43-24-11-12-25-44(43)57-45)48-52(63)66-49(38-20-9-4-10-21-38)47(37-18-7-3-8-19-37)60(48)50(54)39-22-13-23-40(32-39)65-30-29-61/h2-13,15-16,18-27,31-32,46-50,61H,28-30,33-34H2,1H3,(H,55,62)(H,56,57)(H,58,64). The molecule has 330 valence electrons. The number of nitrogens with one attached hydrogen (secondary N) is 3. The minimum atomic E-state index is -1.73. The number of fused-ring (bicyclic) bond motifs is 4. The van der Waals surface area contributed by atoms with Crippen molar-refractivity contribution in [2.24, 2.45) is 5.92 Å². The molecule has 4 N–H and O–H groups in total. The molecule has 6 atom stereocenters. The third-order valence-corrected chi connectivity index (χ3v) is 12.9. The predicted octanol–water partition coefficient (Wildman–Crippen LogP) is 7.00. The number of morpholine rings is 1. The summed E-state index contributed by atoms with van der Waals surface area (Å²) in [6, 6.07) is 47.2. The van der Waals surface area contributed by atoms with E-state index in [4.69, 9.17) is 14.5 Å². The summed E-state index contributed by atoms with van der Waals surface area (Å²) in [6.45, 7) is 1.03. The molecule has 0 saturated carbocycles. The maximum absolute atomic E-state index is 15.6. The summed E-state index contributed by atoms with van der Waals surface area (Å²) in [5.74, 6) is 4.72. The molecule has 1 aromatic heterocycles. The number of esters is 1. The van der Waals surface area contributed by atoms with E-state index in [-0.39, 0.29) is 19.8 Å². The molecule has 10 rings (SSSR count). The van der Waals surface area contributed by atoms with E-state index in [9.17, 15) is 5.11 Å². The first-order valence-electron chi connectivity index (χ1n) is 22.1.